The monoisotopic (exact) mass is 728 g/mol. The largest absolute Gasteiger partial charge is 0.254 e. The van der Waals surface area contributed by atoms with E-state index in [1.807, 2.05) is 6.08 Å². The van der Waals surface area contributed by atoms with Crippen LogP contribution in [0.4, 0.5) is 11.4 Å². The van der Waals surface area contributed by atoms with Gasteiger partial charge in [-0.05, 0) is 78.0 Å². The molecule has 0 heterocycles. The Morgan fingerprint density at radius 1 is 0.415 bits per heavy atom. The van der Waals surface area contributed by atoms with Gasteiger partial charge in [0.2, 0.25) is 0 Å². The molecule has 6 aromatic rings. The van der Waals surface area contributed by atoms with Crippen LogP contribution in [0.5, 0.6) is 0 Å². The summed E-state index contributed by atoms with van der Waals surface area (Å²) < 4.78 is 11.6. The lowest BCUT2D eigenvalue weighted by atomic mass is 10.2. The summed E-state index contributed by atoms with van der Waals surface area (Å²) in [6.07, 6.45) is 6.29. The predicted octanol–water partition coefficient (Wildman–Crippen LogP) is 12.6. The minimum Gasteiger partial charge on any atom is -0.254 e. The molecule has 0 saturated carbocycles. The van der Waals surface area contributed by atoms with Crippen LogP contribution in [0.2, 0.25) is 0 Å². The van der Waals surface area contributed by atoms with E-state index in [2.05, 4.69) is 213 Å². The second-order valence-corrected chi connectivity index (χ2v) is 20.3. The molecule has 6 rings (SSSR count). The van der Waals surface area contributed by atoms with Gasteiger partial charge in [-0.2, -0.15) is 0 Å². The summed E-state index contributed by atoms with van der Waals surface area (Å²) in [5, 5.41) is 7.37. The lowest BCUT2D eigenvalue weighted by Gasteiger charge is -2.28. The highest BCUT2D eigenvalue weighted by Crippen LogP contribution is 2.57. The van der Waals surface area contributed by atoms with Crippen LogP contribution in [-0.2, 0) is 0 Å². The molecule has 0 atom stereocenters. The number of nitrogens with zero attached hydrogens (tertiary/aromatic N) is 2. The van der Waals surface area contributed by atoms with E-state index >= 15 is 0 Å². The zero-order chi connectivity index (χ0) is 37.6. The van der Waals surface area contributed by atoms with E-state index in [4.69, 9.17) is 9.49 Å². The summed E-state index contributed by atoms with van der Waals surface area (Å²) in [5.41, 5.74) is 9.15. The fourth-order valence-corrected chi connectivity index (χ4v) is 13.4. The summed E-state index contributed by atoms with van der Waals surface area (Å²) in [4.78, 5) is 0. The number of hydrogen-bond acceptors (Lipinski definition) is 2. The number of allylic oxidation sites excluding steroid dienone is 5. The quantitative estimate of drug-likeness (QED) is 0.0991. The van der Waals surface area contributed by atoms with E-state index in [1.165, 1.54) is 59.7 Å². The van der Waals surface area contributed by atoms with Crippen molar-refractivity contribution in [1.29, 1.82) is 0 Å². The van der Waals surface area contributed by atoms with Crippen molar-refractivity contribution in [2.24, 2.45) is 9.49 Å². The van der Waals surface area contributed by atoms with Gasteiger partial charge in [-0.15, -0.1) is 0 Å². The first kappa shape index (κ1) is 37.7. The lowest BCUT2D eigenvalue weighted by molar-refractivity contribution is 1.46. The van der Waals surface area contributed by atoms with Crippen molar-refractivity contribution in [2.45, 2.75) is 48.5 Å². The predicted molar refractivity (Wildman–Crippen MR) is 236 cm³/mol. The summed E-state index contributed by atoms with van der Waals surface area (Å²) in [6, 6.07) is 53.4. The third kappa shape index (κ3) is 8.16. The Kier molecular flexibility index (Phi) is 11.6. The average Bonchev–Trinajstić information content (AvgIpc) is 3.17. The smallest absolute Gasteiger partial charge is 0.0626 e. The van der Waals surface area contributed by atoms with Gasteiger partial charge in [-0.25, -0.2) is 0 Å². The molecule has 2 nitrogen and oxygen atoms in total. The molecule has 266 valence electrons. The summed E-state index contributed by atoms with van der Waals surface area (Å²) in [6.45, 7) is 19.0. The number of aryl methyl sites for hydroxylation is 5. The first-order valence-electron chi connectivity index (χ1n) is 18.2. The Balaban J connectivity index is 1.62. The molecule has 53 heavy (non-hydrogen) atoms. The molecule has 0 unspecified atom stereocenters. The molecule has 0 radical (unpaired) electrons. The average molecular weight is 729 g/mol. The third-order valence-corrected chi connectivity index (χ3v) is 17.3. The van der Waals surface area contributed by atoms with Gasteiger partial charge >= 0.3 is 0 Å². The van der Waals surface area contributed by atoms with Crippen molar-refractivity contribution >= 4 is 52.0 Å². The zero-order valence-electron chi connectivity index (χ0n) is 32.1. The van der Waals surface area contributed by atoms with Crippen LogP contribution in [0, 0.1) is 34.6 Å². The maximum atomic E-state index is 5.81. The van der Waals surface area contributed by atoms with Crippen molar-refractivity contribution in [2.75, 3.05) is 0 Å². The number of rotatable bonds is 10. The maximum Gasteiger partial charge on any atom is 0.0626 e. The van der Waals surface area contributed by atoms with Gasteiger partial charge in [-0.1, -0.05) is 180 Å². The van der Waals surface area contributed by atoms with Crippen molar-refractivity contribution in [3.8, 4) is 0 Å². The molecule has 0 aliphatic rings. The normalized spacial score (nSPS) is 12.4. The van der Waals surface area contributed by atoms with E-state index < -0.39 is 14.1 Å². The van der Waals surface area contributed by atoms with Gasteiger partial charge in [0.1, 0.15) is 0 Å². The zero-order valence-corrected chi connectivity index (χ0v) is 33.9. The van der Waals surface area contributed by atoms with Crippen LogP contribution in [0.25, 0.3) is 0 Å². The molecule has 0 N–H and O–H groups in total. The summed E-state index contributed by atoms with van der Waals surface area (Å²) in [5.74, 6) is 0. The van der Waals surface area contributed by atoms with E-state index in [-0.39, 0.29) is 0 Å². The van der Waals surface area contributed by atoms with Crippen LogP contribution in [0.15, 0.2) is 191 Å². The second kappa shape index (κ2) is 16.3. The van der Waals surface area contributed by atoms with Gasteiger partial charge in [-0.3, -0.25) is 9.49 Å². The lowest BCUT2D eigenvalue weighted by Crippen LogP contribution is -2.25. The van der Waals surface area contributed by atoms with Crippen LogP contribution >= 0.6 is 14.1 Å². The second-order valence-electron chi connectivity index (χ2n) is 14.1. The van der Waals surface area contributed by atoms with E-state index in [0.717, 1.165) is 16.9 Å². The molecule has 0 fully saturated rings. The Morgan fingerprint density at radius 3 is 1.04 bits per heavy atom. The van der Waals surface area contributed by atoms with Crippen LogP contribution in [-0.4, -0.2) is 0 Å². The van der Waals surface area contributed by atoms with Gasteiger partial charge < -0.3 is 0 Å². The minimum atomic E-state index is -2.46. The molecule has 0 spiro atoms. The fraction of sp³-hybridized carbons (Fsp3) is 0.143. The van der Waals surface area contributed by atoms with Crippen LogP contribution in [0.1, 0.15) is 41.7 Å². The first-order valence-corrected chi connectivity index (χ1v) is 21.7. The highest BCUT2D eigenvalue weighted by Gasteiger charge is 2.29. The van der Waals surface area contributed by atoms with Gasteiger partial charge in [0, 0.05) is 26.5 Å². The standard InChI is InChI=1S/C49H50N2P2/c1-9-36(2)10-21-42(8)52(45-26-11-37(3)12-27-45,46-28-13-38(4)14-29-46)50-43-22-24-44(25-23-43)51-53(47-30-15-39(5)16-31-47,48-32-17-40(6)18-33-48)49-34-19-41(7)20-35-49/h9-35H,1H2,2-8H3/b36-10-,42-21+. The van der Waals surface area contributed by atoms with Crippen LogP contribution < -0.4 is 26.5 Å². The SMILES string of the molecule is C=C/C(C)=C\C=C(/C)P(=Nc1ccc(N=P(c2ccc(C)cc2)(c2ccc(C)cc2)c2ccc(C)cc2)cc1)(c1ccc(C)cc1)c1ccc(C)cc1. The Morgan fingerprint density at radius 2 is 0.717 bits per heavy atom. The van der Waals surface area contributed by atoms with E-state index in [9.17, 15) is 0 Å². The molecule has 0 aliphatic carbocycles. The molecule has 0 aliphatic heterocycles. The molecular weight excluding hydrogens is 679 g/mol. The molecule has 0 amide bonds. The van der Waals surface area contributed by atoms with Crippen molar-refractivity contribution in [3.05, 3.63) is 209 Å². The fourth-order valence-electron chi connectivity index (χ4n) is 6.53. The molecule has 4 heteroatoms. The Labute approximate surface area is 317 Å². The van der Waals surface area contributed by atoms with Crippen molar-refractivity contribution in [3.63, 3.8) is 0 Å². The number of benzene rings is 6. The highest BCUT2D eigenvalue weighted by atomic mass is 31.2. The minimum absolute atomic E-state index is 0.931. The summed E-state index contributed by atoms with van der Waals surface area (Å²) in [7, 11) is -4.91. The Hall–Kier alpha value is -5.00. The molecule has 6 aromatic carbocycles. The van der Waals surface area contributed by atoms with Crippen molar-refractivity contribution < 1.29 is 0 Å². The molecule has 0 saturated heterocycles. The van der Waals surface area contributed by atoms with E-state index in [0.29, 0.717) is 0 Å². The summed E-state index contributed by atoms with van der Waals surface area (Å²) >= 11 is 0. The molecular formula is C49H50N2P2. The molecule has 0 aromatic heterocycles. The maximum absolute atomic E-state index is 5.81. The highest BCUT2D eigenvalue weighted by molar-refractivity contribution is 7.87. The van der Waals surface area contributed by atoms with Crippen LogP contribution in [0.3, 0.4) is 0 Å². The van der Waals surface area contributed by atoms with Gasteiger partial charge in [0.05, 0.1) is 25.5 Å². The molecule has 0 bridgehead atoms. The van der Waals surface area contributed by atoms with Gasteiger partial charge in [0.15, 0.2) is 0 Å². The Bertz CT molecular complexity index is 2210. The van der Waals surface area contributed by atoms with Crippen molar-refractivity contribution in [1.82, 2.24) is 0 Å². The first-order chi connectivity index (χ1) is 25.5. The van der Waals surface area contributed by atoms with E-state index in [1.54, 1.807) is 0 Å². The van der Waals surface area contributed by atoms with Gasteiger partial charge in [0.25, 0.3) is 0 Å². The topological polar surface area (TPSA) is 24.7 Å². The number of hydrogen-bond donors (Lipinski definition) is 0. The third-order valence-electron chi connectivity index (χ3n) is 9.84.